The Morgan fingerprint density at radius 2 is 2.26 bits per heavy atom. The van der Waals surface area contributed by atoms with Crippen molar-refractivity contribution < 1.29 is 8.95 Å². The van der Waals surface area contributed by atoms with Crippen molar-refractivity contribution in [2.75, 3.05) is 26.0 Å². The van der Waals surface area contributed by atoms with Crippen molar-refractivity contribution in [3.05, 3.63) is 29.3 Å². The van der Waals surface area contributed by atoms with Gasteiger partial charge in [0, 0.05) is 29.2 Å². The normalized spacial score (nSPS) is 22.4. The van der Waals surface area contributed by atoms with Gasteiger partial charge in [-0.3, -0.25) is 4.21 Å². The number of rotatable bonds is 5. The van der Waals surface area contributed by atoms with Gasteiger partial charge in [-0.2, -0.15) is 0 Å². The molecule has 3 unspecified atom stereocenters. The summed E-state index contributed by atoms with van der Waals surface area (Å²) in [6.07, 6.45) is 1.06. The third-order valence-electron chi connectivity index (χ3n) is 3.82. The number of hydrogen-bond donors (Lipinski definition) is 1. The highest BCUT2D eigenvalue weighted by molar-refractivity contribution is 7.85. The van der Waals surface area contributed by atoms with Crippen LogP contribution in [-0.4, -0.2) is 36.3 Å². The van der Waals surface area contributed by atoms with Crippen molar-refractivity contribution in [1.82, 2.24) is 5.32 Å². The van der Waals surface area contributed by atoms with E-state index < -0.39 is 10.8 Å². The molecule has 4 heteroatoms. The van der Waals surface area contributed by atoms with Crippen molar-refractivity contribution in [2.45, 2.75) is 31.2 Å². The SMILES string of the molecule is CNC(CS(=O)c1cc(C)ccc1C)C1CCOC1. The molecular formula is C15H23NO2S. The lowest BCUT2D eigenvalue weighted by molar-refractivity contribution is 0.179. The summed E-state index contributed by atoms with van der Waals surface area (Å²) in [5.74, 6) is 1.15. The quantitative estimate of drug-likeness (QED) is 0.897. The zero-order chi connectivity index (χ0) is 13.8. The Kier molecular flexibility index (Phi) is 5.13. The Morgan fingerprint density at radius 3 is 2.89 bits per heavy atom. The molecule has 0 saturated carbocycles. The summed E-state index contributed by atoms with van der Waals surface area (Å²) in [5, 5.41) is 3.31. The van der Waals surface area contributed by atoms with E-state index >= 15 is 0 Å². The van der Waals surface area contributed by atoms with Gasteiger partial charge in [0.1, 0.15) is 0 Å². The molecule has 0 aliphatic carbocycles. The van der Waals surface area contributed by atoms with Crippen LogP contribution in [0.3, 0.4) is 0 Å². The van der Waals surface area contributed by atoms with E-state index in [1.807, 2.05) is 27.0 Å². The average molecular weight is 281 g/mol. The standard InChI is InChI=1S/C15H23NO2S/c1-11-4-5-12(2)15(8-11)19(17)10-14(16-3)13-6-7-18-9-13/h4-5,8,13-14,16H,6-7,9-10H2,1-3H3. The maximum Gasteiger partial charge on any atom is 0.0548 e. The highest BCUT2D eigenvalue weighted by Gasteiger charge is 2.26. The summed E-state index contributed by atoms with van der Waals surface area (Å²) in [7, 11) is 0.998. The fourth-order valence-electron chi connectivity index (χ4n) is 2.53. The van der Waals surface area contributed by atoms with E-state index in [-0.39, 0.29) is 6.04 Å². The smallest absolute Gasteiger partial charge is 0.0548 e. The lowest BCUT2D eigenvalue weighted by atomic mass is 10.0. The van der Waals surface area contributed by atoms with Gasteiger partial charge in [-0.25, -0.2) is 0 Å². The van der Waals surface area contributed by atoms with E-state index in [1.54, 1.807) is 0 Å². The van der Waals surface area contributed by atoms with Crippen LogP contribution in [0.4, 0.5) is 0 Å². The Bertz CT molecular complexity index is 455. The van der Waals surface area contributed by atoms with Crippen LogP contribution < -0.4 is 5.32 Å². The maximum atomic E-state index is 12.6. The molecule has 1 N–H and O–H groups in total. The zero-order valence-electron chi connectivity index (χ0n) is 11.9. The van der Waals surface area contributed by atoms with Gasteiger partial charge in [0.2, 0.25) is 0 Å². The van der Waals surface area contributed by atoms with Gasteiger partial charge in [0.25, 0.3) is 0 Å². The minimum absolute atomic E-state index is 0.267. The Morgan fingerprint density at radius 1 is 1.47 bits per heavy atom. The second-order valence-electron chi connectivity index (χ2n) is 5.30. The fraction of sp³-hybridized carbons (Fsp3) is 0.600. The van der Waals surface area contributed by atoms with Crippen molar-refractivity contribution >= 4 is 10.8 Å². The highest BCUT2D eigenvalue weighted by Crippen LogP contribution is 2.21. The molecule has 1 fully saturated rings. The number of hydrogen-bond acceptors (Lipinski definition) is 3. The topological polar surface area (TPSA) is 38.3 Å². The summed E-state index contributed by atoms with van der Waals surface area (Å²) in [6.45, 7) is 5.69. The van der Waals surface area contributed by atoms with Crippen LogP contribution in [-0.2, 0) is 15.5 Å². The van der Waals surface area contributed by atoms with Gasteiger partial charge in [-0.1, -0.05) is 12.1 Å². The third kappa shape index (κ3) is 3.65. The zero-order valence-corrected chi connectivity index (χ0v) is 12.8. The summed E-state index contributed by atoms with van der Waals surface area (Å²) >= 11 is 0. The first-order valence-electron chi connectivity index (χ1n) is 6.82. The molecule has 1 heterocycles. The fourth-order valence-corrected chi connectivity index (χ4v) is 4.22. The summed E-state index contributed by atoms with van der Waals surface area (Å²) in [5.41, 5.74) is 2.28. The molecule has 19 heavy (non-hydrogen) atoms. The van der Waals surface area contributed by atoms with Crippen LogP contribution in [0.25, 0.3) is 0 Å². The second-order valence-corrected chi connectivity index (χ2v) is 6.76. The monoisotopic (exact) mass is 281 g/mol. The predicted octanol–water partition coefficient (Wildman–Crippen LogP) is 2.04. The lowest BCUT2D eigenvalue weighted by Crippen LogP contribution is -2.38. The molecular weight excluding hydrogens is 258 g/mol. The Hall–Kier alpha value is -0.710. The average Bonchev–Trinajstić information content (AvgIpc) is 2.92. The molecule has 0 radical (unpaired) electrons. The molecule has 0 bridgehead atoms. The Balaban J connectivity index is 2.08. The Labute approximate surface area is 118 Å². The van der Waals surface area contributed by atoms with Gasteiger partial charge < -0.3 is 10.1 Å². The number of aryl methyl sites for hydroxylation is 2. The molecule has 0 amide bonds. The highest BCUT2D eigenvalue weighted by atomic mass is 32.2. The summed E-state index contributed by atoms with van der Waals surface area (Å²) in [4.78, 5) is 0.971. The van der Waals surface area contributed by atoms with Gasteiger partial charge in [0.15, 0.2) is 0 Å². The van der Waals surface area contributed by atoms with Gasteiger partial charge in [-0.15, -0.1) is 0 Å². The molecule has 106 valence electrons. The largest absolute Gasteiger partial charge is 0.381 e. The van der Waals surface area contributed by atoms with Crippen LogP contribution in [0.2, 0.25) is 0 Å². The molecule has 3 nitrogen and oxygen atoms in total. The number of ether oxygens (including phenoxy) is 1. The van der Waals surface area contributed by atoms with Gasteiger partial charge >= 0.3 is 0 Å². The van der Waals surface area contributed by atoms with E-state index in [2.05, 4.69) is 17.4 Å². The van der Waals surface area contributed by atoms with E-state index in [0.717, 1.165) is 30.1 Å². The van der Waals surface area contributed by atoms with E-state index in [4.69, 9.17) is 4.74 Å². The molecule has 0 spiro atoms. The van der Waals surface area contributed by atoms with Crippen LogP contribution in [0.5, 0.6) is 0 Å². The molecule has 1 aliphatic rings. The van der Waals surface area contributed by atoms with Crippen molar-refractivity contribution in [3.63, 3.8) is 0 Å². The first-order valence-corrected chi connectivity index (χ1v) is 8.14. The number of benzene rings is 1. The van der Waals surface area contributed by atoms with Crippen molar-refractivity contribution in [1.29, 1.82) is 0 Å². The second kappa shape index (κ2) is 6.64. The first kappa shape index (κ1) is 14.7. The maximum absolute atomic E-state index is 12.6. The lowest BCUT2D eigenvalue weighted by Gasteiger charge is -2.21. The van der Waals surface area contributed by atoms with E-state index in [1.165, 1.54) is 5.56 Å². The van der Waals surface area contributed by atoms with Crippen LogP contribution in [0.1, 0.15) is 17.5 Å². The summed E-state index contributed by atoms with van der Waals surface area (Å²) in [6, 6.07) is 6.43. The van der Waals surface area contributed by atoms with Crippen molar-refractivity contribution in [2.24, 2.45) is 5.92 Å². The van der Waals surface area contributed by atoms with Gasteiger partial charge in [0.05, 0.1) is 17.4 Å². The van der Waals surface area contributed by atoms with Crippen LogP contribution in [0, 0.1) is 19.8 Å². The molecule has 2 rings (SSSR count). The van der Waals surface area contributed by atoms with E-state index in [0.29, 0.717) is 11.7 Å². The van der Waals surface area contributed by atoms with Crippen LogP contribution in [0.15, 0.2) is 23.1 Å². The van der Waals surface area contributed by atoms with Gasteiger partial charge in [-0.05, 0) is 44.5 Å². The molecule has 1 aliphatic heterocycles. The van der Waals surface area contributed by atoms with Crippen molar-refractivity contribution in [3.8, 4) is 0 Å². The molecule has 0 aromatic heterocycles. The minimum atomic E-state index is -0.949. The molecule has 1 saturated heterocycles. The summed E-state index contributed by atoms with van der Waals surface area (Å²) < 4.78 is 18.0. The first-order chi connectivity index (χ1) is 9.11. The molecule has 1 aromatic rings. The van der Waals surface area contributed by atoms with Crippen LogP contribution >= 0.6 is 0 Å². The predicted molar refractivity (Wildman–Crippen MR) is 79.0 cm³/mol. The molecule has 3 atom stereocenters. The molecule has 1 aromatic carbocycles. The number of nitrogens with one attached hydrogen (secondary N) is 1. The van der Waals surface area contributed by atoms with E-state index in [9.17, 15) is 4.21 Å². The third-order valence-corrected chi connectivity index (χ3v) is 5.42. The minimum Gasteiger partial charge on any atom is -0.381 e.